The Morgan fingerprint density at radius 1 is 1.22 bits per heavy atom. The van der Waals surface area contributed by atoms with Crippen molar-refractivity contribution in [2.45, 2.75) is 32.6 Å². The van der Waals surface area contributed by atoms with Crippen molar-refractivity contribution in [3.8, 4) is 6.01 Å². The molecule has 100 valence electrons. The Morgan fingerprint density at radius 3 is 2.61 bits per heavy atom. The zero-order chi connectivity index (χ0) is 12.8. The van der Waals surface area contributed by atoms with Gasteiger partial charge in [0, 0.05) is 13.6 Å². The van der Waals surface area contributed by atoms with E-state index >= 15 is 0 Å². The van der Waals surface area contributed by atoms with E-state index in [1.165, 1.54) is 19.3 Å². The Labute approximate surface area is 108 Å². The minimum Gasteiger partial charge on any atom is -0.463 e. The Balaban J connectivity index is 1.97. The maximum absolute atomic E-state index is 5.44. The summed E-state index contributed by atoms with van der Waals surface area (Å²) in [5.74, 6) is 1.89. The molecule has 6 nitrogen and oxygen atoms in total. The zero-order valence-corrected chi connectivity index (χ0v) is 11.1. The first-order valence-electron chi connectivity index (χ1n) is 6.62. The lowest BCUT2D eigenvalue weighted by Gasteiger charge is -2.25. The second kappa shape index (κ2) is 6.37. The molecule has 0 saturated heterocycles. The molecule has 1 saturated carbocycles. The molecule has 6 heteroatoms. The number of nitrogens with zero attached hydrogens (tertiary/aromatic N) is 3. The molecule has 1 aliphatic rings. The van der Waals surface area contributed by atoms with E-state index in [9.17, 15) is 0 Å². The Hall–Kier alpha value is -1.59. The van der Waals surface area contributed by atoms with Crippen molar-refractivity contribution in [3.63, 3.8) is 0 Å². The zero-order valence-electron chi connectivity index (χ0n) is 11.1. The Morgan fingerprint density at radius 2 is 2.00 bits per heavy atom. The number of aromatic nitrogens is 3. The average molecular weight is 251 g/mol. The highest BCUT2D eigenvalue weighted by molar-refractivity contribution is 5.35. The first-order valence-corrected chi connectivity index (χ1v) is 6.62. The van der Waals surface area contributed by atoms with Crippen LogP contribution in [0.25, 0.3) is 0 Å². The van der Waals surface area contributed by atoms with Gasteiger partial charge in [-0.25, -0.2) is 0 Å². The van der Waals surface area contributed by atoms with E-state index in [1.807, 2.05) is 0 Å². The molecular formula is C12H21N5O. The van der Waals surface area contributed by atoms with E-state index in [0.29, 0.717) is 24.5 Å². The normalized spacial score (nSPS) is 15.0. The third kappa shape index (κ3) is 3.45. The predicted molar refractivity (Wildman–Crippen MR) is 71.0 cm³/mol. The predicted octanol–water partition coefficient (Wildman–Crippen LogP) is 1.91. The molecule has 1 aromatic heterocycles. The fourth-order valence-electron chi connectivity index (χ4n) is 1.74. The number of nitrogens with one attached hydrogen (secondary N) is 2. The minimum atomic E-state index is 0.382. The first kappa shape index (κ1) is 12.9. The van der Waals surface area contributed by atoms with Crippen LogP contribution in [-0.4, -0.2) is 35.2 Å². The van der Waals surface area contributed by atoms with Crippen LogP contribution in [0, 0.1) is 5.92 Å². The third-order valence-electron chi connectivity index (χ3n) is 3.05. The van der Waals surface area contributed by atoms with Crippen LogP contribution < -0.4 is 15.4 Å². The lowest BCUT2D eigenvalue weighted by Crippen LogP contribution is -2.22. The van der Waals surface area contributed by atoms with Crippen molar-refractivity contribution in [2.75, 3.05) is 30.8 Å². The van der Waals surface area contributed by atoms with E-state index < -0.39 is 0 Å². The summed E-state index contributed by atoms with van der Waals surface area (Å²) in [6.45, 7) is 3.60. The fraction of sp³-hybridized carbons (Fsp3) is 0.750. The van der Waals surface area contributed by atoms with Gasteiger partial charge in [0.1, 0.15) is 0 Å². The van der Waals surface area contributed by atoms with Crippen LogP contribution in [0.2, 0.25) is 0 Å². The van der Waals surface area contributed by atoms with Gasteiger partial charge in [-0.15, -0.1) is 0 Å². The molecule has 18 heavy (non-hydrogen) atoms. The van der Waals surface area contributed by atoms with Gasteiger partial charge < -0.3 is 15.4 Å². The number of rotatable bonds is 7. The van der Waals surface area contributed by atoms with E-state index in [-0.39, 0.29) is 0 Å². The molecule has 0 amide bonds. The van der Waals surface area contributed by atoms with Crippen molar-refractivity contribution in [1.82, 2.24) is 15.0 Å². The smallest absolute Gasteiger partial charge is 0.323 e. The molecule has 0 atom stereocenters. The molecule has 1 heterocycles. The second-order valence-corrected chi connectivity index (χ2v) is 4.54. The van der Waals surface area contributed by atoms with Crippen LogP contribution in [0.4, 0.5) is 11.9 Å². The van der Waals surface area contributed by atoms with Gasteiger partial charge in [-0.2, -0.15) is 15.0 Å². The van der Waals surface area contributed by atoms with Gasteiger partial charge in [0.2, 0.25) is 11.9 Å². The maximum Gasteiger partial charge on any atom is 0.323 e. The summed E-state index contributed by atoms with van der Waals surface area (Å²) in [5, 5.41) is 6.17. The number of hydrogen-bond donors (Lipinski definition) is 2. The monoisotopic (exact) mass is 251 g/mol. The molecule has 0 spiro atoms. The van der Waals surface area contributed by atoms with Gasteiger partial charge >= 0.3 is 6.01 Å². The lowest BCUT2D eigenvalue weighted by atomic mass is 9.85. The molecule has 1 fully saturated rings. The number of hydrogen-bond acceptors (Lipinski definition) is 6. The number of ether oxygens (including phenoxy) is 1. The van der Waals surface area contributed by atoms with Gasteiger partial charge in [0.15, 0.2) is 0 Å². The van der Waals surface area contributed by atoms with Crippen molar-refractivity contribution in [3.05, 3.63) is 0 Å². The SMILES string of the molecule is CCCOc1nc(NC)nc(NCC2CCC2)n1. The summed E-state index contributed by atoms with van der Waals surface area (Å²) < 4.78 is 5.44. The topological polar surface area (TPSA) is 72.0 Å². The largest absolute Gasteiger partial charge is 0.463 e. The number of anilines is 2. The van der Waals surface area contributed by atoms with Gasteiger partial charge in [0.25, 0.3) is 0 Å². The maximum atomic E-state index is 5.44. The molecule has 0 bridgehead atoms. The van der Waals surface area contributed by atoms with E-state index in [1.54, 1.807) is 7.05 Å². The fourth-order valence-corrected chi connectivity index (χ4v) is 1.74. The van der Waals surface area contributed by atoms with Gasteiger partial charge in [0.05, 0.1) is 6.61 Å². The highest BCUT2D eigenvalue weighted by atomic mass is 16.5. The highest BCUT2D eigenvalue weighted by Crippen LogP contribution is 2.26. The van der Waals surface area contributed by atoms with Crippen LogP contribution in [0.1, 0.15) is 32.6 Å². The van der Waals surface area contributed by atoms with Crippen LogP contribution in [0.5, 0.6) is 6.01 Å². The summed E-state index contributed by atoms with van der Waals surface area (Å²) in [4.78, 5) is 12.7. The summed E-state index contributed by atoms with van der Waals surface area (Å²) in [7, 11) is 1.79. The van der Waals surface area contributed by atoms with E-state index in [4.69, 9.17) is 4.74 Å². The first-order chi connectivity index (χ1) is 8.81. The lowest BCUT2D eigenvalue weighted by molar-refractivity contribution is 0.292. The molecule has 0 unspecified atom stereocenters. The van der Waals surface area contributed by atoms with Gasteiger partial charge in [-0.3, -0.25) is 0 Å². The molecule has 1 aromatic rings. The van der Waals surface area contributed by atoms with Gasteiger partial charge in [-0.05, 0) is 25.2 Å². The van der Waals surface area contributed by atoms with Crippen LogP contribution in [0.15, 0.2) is 0 Å². The molecule has 0 aromatic carbocycles. The molecular weight excluding hydrogens is 230 g/mol. The third-order valence-corrected chi connectivity index (χ3v) is 3.05. The molecule has 0 radical (unpaired) electrons. The van der Waals surface area contributed by atoms with Crippen LogP contribution in [0.3, 0.4) is 0 Å². The summed E-state index contributed by atoms with van der Waals surface area (Å²) in [5.41, 5.74) is 0. The molecule has 0 aliphatic heterocycles. The summed E-state index contributed by atoms with van der Waals surface area (Å²) >= 11 is 0. The van der Waals surface area contributed by atoms with Crippen molar-refractivity contribution in [1.29, 1.82) is 0 Å². The molecule has 2 N–H and O–H groups in total. The van der Waals surface area contributed by atoms with Crippen molar-refractivity contribution in [2.24, 2.45) is 5.92 Å². The van der Waals surface area contributed by atoms with Crippen molar-refractivity contribution < 1.29 is 4.74 Å². The summed E-state index contributed by atoms with van der Waals surface area (Å²) in [6, 6.07) is 0.382. The standard InChI is InChI=1S/C12H21N5O/c1-3-7-18-12-16-10(13-2)15-11(17-12)14-8-9-5-4-6-9/h9H,3-8H2,1-2H3,(H2,13,14,15,16,17). The van der Waals surface area contributed by atoms with E-state index in [0.717, 1.165) is 18.9 Å². The minimum absolute atomic E-state index is 0.382. The average Bonchev–Trinajstić information content (AvgIpc) is 2.34. The Kier molecular flexibility index (Phi) is 4.55. The van der Waals surface area contributed by atoms with Crippen LogP contribution in [-0.2, 0) is 0 Å². The van der Waals surface area contributed by atoms with E-state index in [2.05, 4.69) is 32.5 Å². The molecule has 2 rings (SSSR count). The Bertz CT molecular complexity index is 381. The van der Waals surface area contributed by atoms with Crippen molar-refractivity contribution >= 4 is 11.9 Å². The van der Waals surface area contributed by atoms with Gasteiger partial charge in [-0.1, -0.05) is 13.3 Å². The summed E-state index contributed by atoms with van der Waals surface area (Å²) in [6.07, 6.45) is 4.88. The second-order valence-electron chi connectivity index (χ2n) is 4.54. The molecule has 1 aliphatic carbocycles. The highest BCUT2D eigenvalue weighted by Gasteiger charge is 2.17. The van der Waals surface area contributed by atoms with Crippen LogP contribution >= 0.6 is 0 Å². The quantitative estimate of drug-likeness (QED) is 0.771.